The predicted octanol–water partition coefficient (Wildman–Crippen LogP) is 4.59. The van der Waals surface area contributed by atoms with Crippen molar-refractivity contribution in [1.82, 2.24) is 0 Å². The molecule has 0 bridgehead atoms. The van der Waals surface area contributed by atoms with Gasteiger partial charge in [0.05, 0.1) is 0 Å². The number of rotatable bonds is 8. The molecule has 1 aliphatic carbocycles. The van der Waals surface area contributed by atoms with Crippen LogP contribution in [0.15, 0.2) is 21.2 Å². The molecule has 1 aliphatic rings. The molecule has 0 aromatic carbocycles. The van der Waals surface area contributed by atoms with E-state index in [4.69, 9.17) is 14.2 Å². The van der Waals surface area contributed by atoms with Gasteiger partial charge < -0.3 is 0 Å². The molecule has 1 radical (unpaired) electrons. The standard InChI is InChI=1S/C13H22O3Si.3CH3.Sn/c1-14-12-7-5-6-8-13(12)16-11-15-9-10-17(2,3)4;;;;/h6-7H,8-11H2,1-4H3;3*1H3;. The van der Waals surface area contributed by atoms with Crippen LogP contribution in [-0.4, -0.2) is 47.0 Å². The predicted molar refractivity (Wildman–Crippen MR) is 94.4 cm³/mol. The van der Waals surface area contributed by atoms with Gasteiger partial charge in [-0.2, -0.15) is 0 Å². The Labute approximate surface area is 135 Å². The molecule has 0 heterocycles. The first-order valence-electron chi connectivity index (χ1n) is 7.66. The number of hydrogen-bond acceptors (Lipinski definition) is 3. The summed E-state index contributed by atoms with van der Waals surface area (Å²) < 4.78 is 18.3. The Balaban J connectivity index is 2.50. The van der Waals surface area contributed by atoms with E-state index in [0.29, 0.717) is 6.79 Å². The molecule has 0 aromatic rings. The molecule has 21 heavy (non-hydrogen) atoms. The molecular formula is C16H31O3SiSn. The van der Waals surface area contributed by atoms with Gasteiger partial charge in [-0.05, 0) is 0 Å². The molecule has 0 unspecified atom stereocenters. The van der Waals surface area contributed by atoms with E-state index >= 15 is 0 Å². The Bertz CT molecular complexity index is 403. The van der Waals surface area contributed by atoms with Crippen LogP contribution in [-0.2, 0) is 14.2 Å². The molecule has 3 nitrogen and oxygen atoms in total. The zero-order chi connectivity index (χ0) is 16.1. The topological polar surface area (TPSA) is 27.7 Å². The molecule has 0 aliphatic heterocycles. The van der Waals surface area contributed by atoms with Crippen LogP contribution in [0.2, 0.25) is 40.5 Å². The van der Waals surface area contributed by atoms with Crippen molar-refractivity contribution >= 4 is 26.5 Å². The van der Waals surface area contributed by atoms with Crippen molar-refractivity contribution < 1.29 is 14.2 Å². The molecule has 0 amide bonds. The molecule has 0 spiro atoms. The summed E-state index contributed by atoms with van der Waals surface area (Å²) >= 11 is -2.03. The zero-order valence-electron chi connectivity index (χ0n) is 14.7. The van der Waals surface area contributed by atoms with Gasteiger partial charge >= 0.3 is 136 Å². The van der Waals surface area contributed by atoms with Gasteiger partial charge in [-0.25, -0.2) is 0 Å². The molecule has 121 valence electrons. The maximum atomic E-state index is 5.76. The van der Waals surface area contributed by atoms with Crippen LogP contribution >= 0.6 is 0 Å². The van der Waals surface area contributed by atoms with Gasteiger partial charge in [0.25, 0.3) is 0 Å². The van der Waals surface area contributed by atoms with Gasteiger partial charge in [0.2, 0.25) is 0 Å². The average Bonchev–Trinajstić information content (AvgIpc) is 2.35. The summed E-state index contributed by atoms with van der Waals surface area (Å²) in [5, 5.41) is 0. The first kappa shape index (κ1) is 19.1. The van der Waals surface area contributed by atoms with E-state index in [9.17, 15) is 0 Å². The average molecular weight is 418 g/mol. The van der Waals surface area contributed by atoms with Gasteiger partial charge in [-0.15, -0.1) is 0 Å². The molecule has 0 fully saturated rings. The summed E-state index contributed by atoms with van der Waals surface area (Å²) in [6.07, 6.45) is 5.29. The second kappa shape index (κ2) is 8.06. The normalized spacial score (nSPS) is 16.8. The van der Waals surface area contributed by atoms with Crippen LogP contribution in [0.3, 0.4) is 0 Å². The summed E-state index contributed by atoms with van der Waals surface area (Å²) in [7, 11) is 0.687. The van der Waals surface area contributed by atoms with Crippen LogP contribution < -0.4 is 0 Å². The van der Waals surface area contributed by atoms with Crippen molar-refractivity contribution in [3.05, 3.63) is 27.6 Å². The Morgan fingerprint density at radius 3 is 2.38 bits per heavy atom. The van der Waals surface area contributed by atoms with Crippen LogP contribution in [0.25, 0.3) is 0 Å². The minimum atomic E-state index is -2.03. The van der Waals surface area contributed by atoms with E-state index < -0.39 is 26.5 Å². The quantitative estimate of drug-likeness (QED) is 0.328. The summed E-state index contributed by atoms with van der Waals surface area (Å²) in [5.74, 6) is 1.76. The van der Waals surface area contributed by atoms with Gasteiger partial charge in [0, 0.05) is 0 Å². The first-order valence-corrected chi connectivity index (χ1v) is 21.4. The molecule has 1 rings (SSSR count). The van der Waals surface area contributed by atoms with E-state index in [-0.39, 0.29) is 0 Å². The van der Waals surface area contributed by atoms with E-state index in [1.54, 1.807) is 7.11 Å². The van der Waals surface area contributed by atoms with Crippen molar-refractivity contribution in [2.45, 2.75) is 46.9 Å². The Hall–Kier alpha value is 0.0556. The van der Waals surface area contributed by atoms with Crippen LogP contribution in [0.4, 0.5) is 0 Å². The molecule has 5 heteroatoms. The van der Waals surface area contributed by atoms with Crippen LogP contribution in [0.5, 0.6) is 0 Å². The van der Waals surface area contributed by atoms with Crippen molar-refractivity contribution in [3.63, 3.8) is 0 Å². The first-order chi connectivity index (χ1) is 9.63. The van der Waals surface area contributed by atoms with E-state index in [1.165, 1.54) is 9.63 Å². The monoisotopic (exact) mass is 419 g/mol. The molecule has 0 saturated heterocycles. The summed E-state index contributed by atoms with van der Waals surface area (Å²) in [6.45, 7) is 8.16. The molecule has 0 aromatic heterocycles. The van der Waals surface area contributed by atoms with Crippen molar-refractivity contribution in [1.29, 1.82) is 0 Å². The third-order valence-electron chi connectivity index (χ3n) is 3.47. The second-order valence-corrected chi connectivity index (χ2v) is 27.8. The summed E-state index contributed by atoms with van der Waals surface area (Å²) in [6, 6.07) is 1.17. The number of ether oxygens (including phenoxy) is 3. The fourth-order valence-electron chi connectivity index (χ4n) is 1.96. The third-order valence-corrected chi connectivity index (χ3v) is 11.1. The van der Waals surface area contributed by atoms with Gasteiger partial charge in [0.15, 0.2) is 0 Å². The number of methoxy groups -OCH3 is 1. The Kier molecular flexibility index (Phi) is 7.33. The van der Waals surface area contributed by atoms with E-state index in [0.717, 1.165) is 24.5 Å². The van der Waals surface area contributed by atoms with Gasteiger partial charge in [-0.3, -0.25) is 0 Å². The summed E-state index contributed by atoms with van der Waals surface area (Å²) in [4.78, 5) is 7.24. The molecule has 0 atom stereocenters. The molecule has 0 N–H and O–H groups in total. The number of allylic oxidation sites excluding steroid dienone is 3. The van der Waals surface area contributed by atoms with Gasteiger partial charge in [0.1, 0.15) is 0 Å². The van der Waals surface area contributed by atoms with E-state index in [2.05, 4.69) is 47.0 Å². The number of hydrogen-bond donors (Lipinski definition) is 0. The summed E-state index contributed by atoms with van der Waals surface area (Å²) in [5.41, 5.74) is 0. The van der Waals surface area contributed by atoms with E-state index in [1.807, 2.05) is 0 Å². The molecule has 0 saturated carbocycles. The zero-order valence-corrected chi connectivity index (χ0v) is 18.6. The Morgan fingerprint density at radius 1 is 1.19 bits per heavy atom. The minimum absolute atomic E-state index is 0.322. The molecular weight excluding hydrogens is 387 g/mol. The SMILES string of the molecule is COC1=C(OCOCC[Si](C)(C)C)C[CH][C]([Sn]([CH3])([CH3])[CH3])=C1. The fourth-order valence-corrected chi connectivity index (χ4v) is 6.37. The maximum absolute atomic E-state index is 5.76. The van der Waals surface area contributed by atoms with Crippen molar-refractivity contribution in [3.8, 4) is 0 Å². The van der Waals surface area contributed by atoms with Gasteiger partial charge in [-0.1, -0.05) is 0 Å². The van der Waals surface area contributed by atoms with Crippen LogP contribution in [0, 0.1) is 6.42 Å². The Morgan fingerprint density at radius 2 is 1.86 bits per heavy atom. The van der Waals surface area contributed by atoms with Crippen LogP contribution in [0.1, 0.15) is 6.42 Å². The van der Waals surface area contributed by atoms with Crippen molar-refractivity contribution in [2.75, 3.05) is 20.5 Å². The second-order valence-electron chi connectivity index (χ2n) is 7.73. The third kappa shape index (κ3) is 7.24. The fraction of sp³-hybridized carbons (Fsp3) is 0.688. The van der Waals surface area contributed by atoms with Crippen molar-refractivity contribution in [2.24, 2.45) is 0 Å².